The van der Waals surface area contributed by atoms with E-state index in [9.17, 15) is 13.2 Å². The molecule has 10 heteroatoms. The van der Waals surface area contributed by atoms with Gasteiger partial charge in [-0.3, -0.25) is 4.68 Å². The molecule has 0 aliphatic rings. The number of halogens is 3. The molecular weight excluding hydrogens is 335 g/mol. The third-order valence-electron chi connectivity index (χ3n) is 3.54. The number of aryl methyl sites for hydroxylation is 1. The Morgan fingerprint density at radius 1 is 1.04 bits per heavy atom. The maximum Gasteiger partial charge on any atom is 0.435 e. The predicted octanol–water partition coefficient (Wildman–Crippen LogP) is 2.61. The summed E-state index contributed by atoms with van der Waals surface area (Å²) in [5, 5.41) is 8.06. The molecule has 4 rings (SSSR count). The number of hydrogen-bond donors (Lipinski definition) is 0. The van der Waals surface area contributed by atoms with Crippen molar-refractivity contribution in [3.05, 3.63) is 48.7 Å². The van der Waals surface area contributed by atoms with E-state index in [2.05, 4.69) is 25.1 Å². The summed E-state index contributed by atoms with van der Waals surface area (Å²) < 4.78 is 41.0. The lowest BCUT2D eigenvalue weighted by atomic mass is 10.1. The van der Waals surface area contributed by atoms with Crippen molar-refractivity contribution in [2.75, 3.05) is 0 Å². The molecule has 0 bridgehead atoms. The molecule has 25 heavy (non-hydrogen) atoms. The second-order valence-corrected chi connectivity index (χ2v) is 5.32. The fraction of sp³-hybridized carbons (Fsp3) is 0.133. The number of aromatic nitrogens is 7. The first-order valence-electron chi connectivity index (χ1n) is 7.16. The van der Waals surface area contributed by atoms with Gasteiger partial charge in [0.15, 0.2) is 11.5 Å². The van der Waals surface area contributed by atoms with Crippen LogP contribution in [0.25, 0.3) is 28.4 Å². The van der Waals surface area contributed by atoms with Crippen LogP contribution < -0.4 is 0 Å². The monoisotopic (exact) mass is 345 g/mol. The van der Waals surface area contributed by atoms with Crippen LogP contribution in [-0.4, -0.2) is 34.3 Å². The van der Waals surface area contributed by atoms with Gasteiger partial charge in [0.2, 0.25) is 0 Å². The van der Waals surface area contributed by atoms with Gasteiger partial charge in [-0.25, -0.2) is 15.0 Å². The molecular formula is C15H10F3N7. The van der Waals surface area contributed by atoms with Crippen LogP contribution in [0.1, 0.15) is 5.69 Å². The van der Waals surface area contributed by atoms with Crippen LogP contribution in [0, 0.1) is 0 Å². The minimum Gasteiger partial charge on any atom is -0.255 e. The second-order valence-electron chi connectivity index (χ2n) is 5.32. The van der Waals surface area contributed by atoms with Gasteiger partial charge in [0.1, 0.15) is 6.33 Å². The molecule has 7 nitrogen and oxygen atoms in total. The molecule has 0 fully saturated rings. The quantitative estimate of drug-likeness (QED) is 0.558. The zero-order valence-corrected chi connectivity index (χ0v) is 12.8. The van der Waals surface area contributed by atoms with Gasteiger partial charge >= 0.3 is 6.18 Å². The molecule has 0 N–H and O–H groups in total. The number of rotatable bonds is 2. The maximum atomic E-state index is 12.7. The highest BCUT2D eigenvalue weighted by molar-refractivity contribution is 5.68. The van der Waals surface area contributed by atoms with Gasteiger partial charge < -0.3 is 0 Å². The first-order valence-corrected chi connectivity index (χ1v) is 7.16. The minimum absolute atomic E-state index is 0.119. The lowest BCUT2D eigenvalue weighted by Gasteiger charge is -2.06. The third-order valence-corrected chi connectivity index (χ3v) is 3.54. The maximum absolute atomic E-state index is 12.7. The Hall–Kier alpha value is -3.30. The lowest BCUT2D eigenvalue weighted by molar-refractivity contribution is -0.141. The molecule has 1 aromatic carbocycles. The number of nitrogens with zero attached hydrogens (tertiary/aromatic N) is 7. The summed E-state index contributed by atoms with van der Waals surface area (Å²) in [6, 6.07) is 7.26. The van der Waals surface area contributed by atoms with Crippen molar-refractivity contribution in [2.24, 2.45) is 7.05 Å². The predicted molar refractivity (Wildman–Crippen MR) is 81.2 cm³/mol. The first kappa shape index (κ1) is 15.2. The van der Waals surface area contributed by atoms with E-state index in [-0.39, 0.29) is 5.78 Å². The van der Waals surface area contributed by atoms with Crippen molar-refractivity contribution in [1.29, 1.82) is 0 Å². The van der Waals surface area contributed by atoms with Gasteiger partial charge in [0.05, 0.1) is 18.1 Å². The summed E-state index contributed by atoms with van der Waals surface area (Å²) in [6.07, 6.45) is -0.866. The van der Waals surface area contributed by atoms with E-state index in [1.165, 1.54) is 10.7 Å². The molecule has 126 valence electrons. The topological polar surface area (TPSA) is 73.8 Å². The van der Waals surface area contributed by atoms with Crippen molar-refractivity contribution in [2.45, 2.75) is 6.18 Å². The molecule has 0 aliphatic carbocycles. The number of hydrogen-bond acceptors (Lipinski definition) is 5. The largest absolute Gasteiger partial charge is 0.435 e. The van der Waals surface area contributed by atoms with Crippen molar-refractivity contribution in [3.63, 3.8) is 0 Å². The Morgan fingerprint density at radius 3 is 2.56 bits per heavy atom. The smallest absolute Gasteiger partial charge is 0.255 e. The van der Waals surface area contributed by atoms with E-state index in [4.69, 9.17) is 0 Å². The zero-order valence-electron chi connectivity index (χ0n) is 12.8. The molecule has 0 unspecified atom stereocenters. The Balaban J connectivity index is 1.80. The van der Waals surface area contributed by atoms with Crippen LogP contribution in [0.4, 0.5) is 13.2 Å². The van der Waals surface area contributed by atoms with Crippen molar-refractivity contribution in [3.8, 4) is 22.6 Å². The standard InChI is InChI=1S/C15H10F3N7/c1-24-8-20-13(23-24)10-4-2-3-9(5-10)11-6-19-14-22-12(15(16,17)18)7-21-25(11)14/h2-8H,1H3. The van der Waals surface area contributed by atoms with Gasteiger partial charge in [-0.1, -0.05) is 18.2 Å². The third kappa shape index (κ3) is 2.71. The van der Waals surface area contributed by atoms with E-state index in [0.29, 0.717) is 23.3 Å². The van der Waals surface area contributed by atoms with Crippen LogP contribution in [0.3, 0.4) is 0 Å². The highest BCUT2D eigenvalue weighted by Crippen LogP contribution is 2.28. The van der Waals surface area contributed by atoms with Crippen LogP contribution in [0.2, 0.25) is 0 Å². The fourth-order valence-electron chi connectivity index (χ4n) is 2.40. The zero-order chi connectivity index (χ0) is 17.6. The normalized spacial score (nSPS) is 12.0. The summed E-state index contributed by atoms with van der Waals surface area (Å²) in [5.41, 5.74) is 0.928. The van der Waals surface area contributed by atoms with E-state index in [0.717, 1.165) is 5.56 Å². The molecule has 3 aromatic heterocycles. The summed E-state index contributed by atoms with van der Waals surface area (Å²) in [6.45, 7) is 0. The van der Waals surface area contributed by atoms with Crippen molar-refractivity contribution in [1.82, 2.24) is 34.3 Å². The molecule has 0 saturated carbocycles. The molecule has 0 radical (unpaired) electrons. The Morgan fingerprint density at radius 2 is 1.84 bits per heavy atom. The summed E-state index contributed by atoms with van der Waals surface area (Å²) >= 11 is 0. The molecule has 3 heterocycles. The average Bonchev–Trinajstić information content (AvgIpc) is 3.20. The molecule has 0 amide bonds. The highest BCUT2D eigenvalue weighted by atomic mass is 19.4. The minimum atomic E-state index is -4.56. The van der Waals surface area contributed by atoms with Crippen LogP contribution in [0.5, 0.6) is 0 Å². The van der Waals surface area contributed by atoms with Gasteiger partial charge in [-0.05, 0) is 6.07 Å². The van der Waals surface area contributed by atoms with Gasteiger partial charge in [0, 0.05) is 18.2 Å². The second kappa shape index (κ2) is 5.36. The fourth-order valence-corrected chi connectivity index (χ4v) is 2.40. The number of fused-ring (bicyclic) bond motifs is 1. The van der Waals surface area contributed by atoms with E-state index >= 15 is 0 Å². The lowest BCUT2D eigenvalue weighted by Crippen LogP contribution is -2.11. The van der Waals surface area contributed by atoms with Crippen LogP contribution in [0.15, 0.2) is 43.0 Å². The van der Waals surface area contributed by atoms with Crippen molar-refractivity contribution < 1.29 is 13.2 Å². The van der Waals surface area contributed by atoms with E-state index in [1.54, 1.807) is 30.2 Å². The Kier molecular flexibility index (Phi) is 3.27. The average molecular weight is 345 g/mol. The van der Waals surface area contributed by atoms with Gasteiger partial charge in [0.25, 0.3) is 5.78 Å². The molecule has 0 spiro atoms. The molecule has 0 aliphatic heterocycles. The SMILES string of the molecule is Cn1cnc(-c2cccc(-c3cnc4nc(C(F)(F)F)cnn34)c2)n1. The number of imidazole rings is 1. The molecule has 0 atom stereocenters. The Labute approximate surface area is 138 Å². The Bertz CT molecular complexity index is 1060. The summed E-state index contributed by atoms with van der Waals surface area (Å²) in [7, 11) is 1.76. The molecule has 4 aromatic rings. The number of alkyl halides is 3. The molecule has 0 saturated heterocycles. The highest BCUT2D eigenvalue weighted by Gasteiger charge is 2.33. The summed E-state index contributed by atoms with van der Waals surface area (Å²) in [5.74, 6) is 0.426. The van der Waals surface area contributed by atoms with Gasteiger partial charge in [-0.15, -0.1) is 0 Å². The first-order chi connectivity index (χ1) is 11.9. The van der Waals surface area contributed by atoms with E-state index in [1.807, 2.05) is 12.1 Å². The van der Waals surface area contributed by atoms with E-state index < -0.39 is 11.9 Å². The van der Waals surface area contributed by atoms with Gasteiger partial charge in [-0.2, -0.15) is 27.9 Å². The van der Waals surface area contributed by atoms with Crippen molar-refractivity contribution >= 4 is 5.78 Å². The number of benzene rings is 1. The van der Waals surface area contributed by atoms with Crippen LogP contribution >= 0.6 is 0 Å². The van der Waals surface area contributed by atoms with Crippen LogP contribution in [-0.2, 0) is 13.2 Å². The summed E-state index contributed by atoms with van der Waals surface area (Å²) in [4.78, 5) is 11.6.